The lowest BCUT2D eigenvalue weighted by molar-refractivity contribution is 0.275. The number of hydrogen-bond donors (Lipinski definition) is 0. The maximum atomic E-state index is 13.0. The highest BCUT2D eigenvalue weighted by Crippen LogP contribution is 2.34. The third-order valence-corrected chi connectivity index (χ3v) is 6.35. The molecule has 0 unspecified atom stereocenters. The highest BCUT2D eigenvalue weighted by Gasteiger charge is 2.40. The van der Waals surface area contributed by atoms with Gasteiger partial charge in [-0.05, 0) is 18.4 Å². The summed E-state index contributed by atoms with van der Waals surface area (Å²) in [5, 5.41) is 3.97. The maximum Gasteiger partial charge on any atom is 0.282 e. The van der Waals surface area contributed by atoms with E-state index in [1.54, 1.807) is 7.05 Å². The van der Waals surface area contributed by atoms with E-state index in [4.69, 9.17) is 4.52 Å². The lowest BCUT2D eigenvalue weighted by atomic mass is 10.2. The number of rotatable bonds is 6. The predicted molar refractivity (Wildman–Crippen MR) is 93.9 cm³/mol. The van der Waals surface area contributed by atoms with Crippen molar-refractivity contribution in [3.63, 3.8) is 0 Å². The van der Waals surface area contributed by atoms with Crippen LogP contribution < -0.4 is 0 Å². The first kappa shape index (κ1) is 18.0. The van der Waals surface area contributed by atoms with Gasteiger partial charge in [-0.3, -0.25) is 0 Å². The zero-order chi connectivity index (χ0) is 18.0. The Morgan fingerprint density at radius 2 is 2.04 bits per heavy atom. The Morgan fingerprint density at radius 3 is 2.68 bits per heavy atom. The van der Waals surface area contributed by atoms with Crippen molar-refractivity contribution >= 4 is 10.2 Å². The van der Waals surface area contributed by atoms with Crippen molar-refractivity contribution in [2.24, 2.45) is 0 Å². The van der Waals surface area contributed by atoms with Gasteiger partial charge in [0.15, 0.2) is 5.82 Å². The molecule has 7 nitrogen and oxygen atoms in total. The van der Waals surface area contributed by atoms with Gasteiger partial charge in [0.1, 0.15) is 6.04 Å². The van der Waals surface area contributed by atoms with Crippen LogP contribution in [0.4, 0.5) is 0 Å². The van der Waals surface area contributed by atoms with Gasteiger partial charge in [-0.15, -0.1) is 0 Å². The minimum atomic E-state index is -3.61. The lowest BCUT2D eigenvalue weighted by Crippen LogP contribution is -2.41. The summed E-state index contributed by atoms with van der Waals surface area (Å²) in [5.41, 5.74) is 0.948. The van der Waals surface area contributed by atoms with Gasteiger partial charge in [0, 0.05) is 26.1 Å². The number of hydrogen-bond acceptors (Lipinski definition) is 5. The van der Waals surface area contributed by atoms with E-state index in [9.17, 15) is 8.42 Å². The van der Waals surface area contributed by atoms with Gasteiger partial charge in [0.25, 0.3) is 10.2 Å². The molecule has 136 valence electrons. The molecule has 0 spiro atoms. The van der Waals surface area contributed by atoms with E-state index in [0.29, 0.717) is 31.2 Å². The Hall–Kier alpha value is -1.77. The van der Waals surface area contributed by atoms with Crippen LogP contribution in [0.1, 0.15) is 55.9 Å². The number of nitrogens with zero attached hydrogens (tertiary/aromatic N) is 4. The van der Waals surface area contributed by atoms with Crippen molar-refractivity contribution in [2.45, 2.75) is 45.2 Å². The molecule has 0 radical (unpaired) electrons. The molecule has 1 aliphatic heterocycles. The van der Waals surface area contributed by atoms with E-state index >= 15 is 0 Å². The van der Waals surface area contributed by atoms with Crippen molar-refractivity contribution in [2.75, 3.05) is 13.6 Å². The lowest BCUT2D eigenvalue weighted by Gasteiger charge is -2.27. The van der Waals surface area contributed by atoms with Crippen LogP contribution in [-0.2, 0) is 16.8 Å². The third-order valence-electron chi connectivity index (χ3n) is 4.40. The van der Waals surface area contributed by atoms with Gasteiger partial charge in [-0.25, -0.2) is 0 Å². The first-order valence-electron chi connectivity index (χ1n) is 8.50. The largest absolute Gasteiger partial charge is 0.338 e. The molecule has 0 amide bonds. The van der Waals surface area contributed by atoms with Crippen LogP contribution >= 0.6 is 0 Å². The molecule has 1 atom stereocenters. The quantitative estimate of drug-likeness (QED) is 0.787. The van der Waals surface area contributed by atoms with Crippen molar-refractivity contribution < 1.29 is 12.9 Å². The van der Waals surface area contributed by atoms with E-state index in [1.165, 1.54) is 8.61 Å². The summed E-state index contributed by atoms with van der Waals surface area (Å²) < 4.78 is 34.2. The molecule has 1 aromatic carbocycles. The normalized spacial score (nSPS) is 19.2. The molecule has 8 heteroatoms. The molecule has 2 heterocycles. The molecule has 0 N–H and O–H groups in total. The predicted octanol–water partition coefficient (Wildman–Crippen LogP) is 2.71. The van der Waals surface area contributed by atoms with Crippen LogP contribution in [0.5, 0.6) is 0 Å². The minimum absolute atomic E-state index is 0.143. The minimum Gasteiger partial charge on any atom is -0.338 e. The Labute approximate surface area is 148 Å². The standard InChI is InChI=1S/C17H24N4O3S/c1-13(2)16-18-17(24-19-16)15-10-7-11-21(15)25(22,23)20(3)12-14-8-5-4-6-9-14/h4-6,8-9,13,15H,7,10-12H2,1-3H3/t15-/m0/s1. The average Bonchev–Trinajstić information content (AvgIpc) is 3.25. The second kappa shape index (κ2) is 7.23. The Kier molecular flexibility index (Phi) is 5.21. The SMILES string of the molecule is CC(C)c1noc([C@@H]2CCCN2S(=O)(=O)N(C)Cc2ccccc2)n1. The fourth-order valence-corrected chi connectivity index (χ4v) is 4.53. The van der Waals surface area contributed by atoms with Gasteiger partial charge < -0.3 is 4.52 Å². The van der Waals surface area contributed by atoms with E-state index < -0.39 is 10.2 Å². The zero-order valence-corrected chi connectivity index (χ0v) is 15.6. The van der Waals surface area contributed by atoms with Crippen LogP contribution in [0.15, 0.2) is 34.9 Å². The Morgan fingerprint density at radius 1 is 1.32 bits per heavy atom. The van der Waals surface area contributed by atoms with Gasteiger partial charge >= 0.3 is 0 Å². The molecule has 0 bridgehead atoms. The summed E-state index contributed by atoms with van der Waals surface area (Å²) >= 11 is 0. The molecule has 3 rings (SSSR count). The zero-order valence-electron chi connectivity index (χ0n) is 14.8. The van der Waals surface area contributed by atoms with Gasteiger partial charge in [-0.1, -0.05) is 49.3 Å². The van der Waals surface area contributed by atoms with Gasteiger partial charge in [-0.2, -0.15) is 22.0 Å². The van der Waals surface area contributed by atoms with Gasteiger partial charge in [0.2, 0.25) is 5.89 Å². The van der Waals surface area contributed by atoms with Gasteiger partial charge in [0.05, 0.1) is 0 Å². The smallest absolute Gasteiger partial charge is 0.282 e. The van der Waals surface area contributed by atoms with E-state index in [2.05, 4.69) is 10.1 Å². The molecule has 1 aliphatic rings. The monoisotopic (exact) mass is 364 g/mol. The first-order valence-corrected chi connectivity index (χ1v) is 9.90. The summed E-state index contributed by atoms with van der Waals surface area (Å²) in [6, 6.07) is 9.17. The van der Waals surface area contributed by atoms with Crippen molar-refractivity contribution in [3.8, 4) is 0 Å². The van der Waals surface area contributed by atoms with Crippen LogP contribution in [0.25, 0.3) is 0 Å². The molecule has 1 fully saturated rings. The van der Waals surface area contributed by atoms with E-state index in [1.807, 2.05) is 44.2 Å². The summed E-state index contributed by atoms with van der Waals surface area (Å²) in [6.45, 7) is 4.75. The third kappa shape index (κ3) is 3.75. The Bertz CT molecular complexity index is 804. The van der Waals surface area contributed by atoms with Crippen molar-refractivity contribution in [3.05, 3.63) is 47.6 Å². The topological polar surface area (TPSA) is 79.5 Å². The Balaban J connectivity index is 1.80. The van der Waals surface area contributed by atoms with E-state index in [0.717, 1.165) is 12.0 Å². The molecule has 0 saturated carbocycles. The summed E-state index contributed by atoms with van der Waals surface area (Å²) in [6.07, 6.45) is 1.47. The second-order valence-corrected chi connectivity index (χ2v) is 8.65. The van der Waals surface area contributed by atoms with Crippen molar-refractivity contribution in [1.29, 1.82) is 0 Å². The summed E-state index contributed by atoms with van der Waals surface area (Å²) in [5.74, 6) is 1.14. The fourth-order valence-electron chi connectivity index (χ4n) is 2.98. The molecule has 1 aromatic heterocycles. The first-order chi connectivity index (χ1) is 11.9. The highest BCUT2D eigenvalue weighted by atomic mass is 32.2. The van der Waals surface area contributed by atoms with Crippen LogP contribution in [0.2, 0.25) is 0 Å². The maximum absolute atomic E-state index is 13.0. The molecule has 2 aromatic rings. The van der Waals surface area contributed by atoms with Crippen LogP contribution in [0.3, 0.4) is 0 Å². The van der Waals surface area contributed by atoms with Crippen molar-refractivity contribution in [1.82, 2.24) is 18.8 Å². The average molecular weight is 364 g/mol. The molecular weight excluding hydrogens is 340 g/mol. The molecule has 25 heavy (non-hydrogen) atoms. The summed E-state index contributed by atoms with van der Waals surface area (Å²) in [7, 11) is -2.00. The second-order valence-electron chi connectivity index (χ2n) is 6.66. The van der Waals surface area contributed by atoms with Crippen LogP contribution in [0, 0.1) is 0 Å². The van der Waals surface area contributed by atoms with E-state index in [-0.39, 0.29) is 12.0 Å². The number of aromatic nitrogens is 2. The molecular formula is C17H24N4O3S. The summed E-state index contributed by atoms with van der Waals surface area (Å²) in [4.78, 5) is 4.40. The van der Waals surface area contributed by atoms with Crippen LogP contribution in [-0.4, -0.2) is 40.8 Å². The highest BCUT2D eigenvalue weighted by molar-refractivity contribution is 7.86. The number of benzene rings is 1. The molecule has 1 saturated heterocycles. The molecule has 0 aliphatic carbocycles. The fraction of sp³-hybridized carbons (Fsp3) is 0.529.